The number of carbonyl (C=O) groups excluding carboxylic acids is 1. The Kier molecular flexibility index (Phi) is 8.76. The van der Waals surface area contributed by atoms with Crippen LogP contribution in [0.4, 0.5) is 0 Å². The average molecular weight is 293 g/mol. The molecule has 6 heteroatoms. The molecule has 112 valence electrons. The van der Waals surface area contributed by atoms with E-state index in [9.17, 15) is 9.59 Å². The van der Waals surface area contributed by atoms with Gasteiger partial charge in [0.25, 0.3) is 0 Å². The summed E-state index contributed by atoms with van der Waals surface area (Å²) in [6.45, 7) is 2.45. The van der Waals surface area contributed by atoms with Gasteiger partial charge in [-0.05, 0) is 32.7 Å². The molecule has 1 aliphatic carbocycles. The molecule has 1 amide bonds. The monoisotopic (exact) mass is 292 g/mol. The first kappa shape index (κ1) is 18.2. The van der Waals surface area contributed by atoms with E-state index < -0.39 is 12.0 Å². The van der Waals surface area contributed by atoms with Gasteiger partial charge in [0.15, 0.2) is 0 Å². The molecule has 1 fully saturated rings. The Morgan fingerprint density at radius 3 is 2.42 bits per heavy atom. The van der Waals surface area contributed by atoms with Crippen molar-refractivity contribution >= 4 is 24.3 Å². The van der Waals surface area contributed by atoms with Gasteiger partial charge >= 0.3 is 5.97 Å². The van der Waals surface area contributed by atoms with Crippen molar-refractivity contribution in [2.24, 2.45) is 5.92 Å². The number of rotatable bonds is 6. The number of aliphatic carboxylic acids is 1. The second-order valence-electron chi connectivity index (χ2n) is 5.24. The van der Waals surface area contributed by atoms with Crippen molar-refractivity contribution in [2.45, 2.75) is 45.1 Å². The van der Waals surface area contributed by atoms with Gasteiger partial charge in [0.05, 0.1) is 6.54 Å². The van der Waals surface area contributed by atoms with E-state index >= 15 is 0 Å². The topological polar surface area (TPSA) is 69.6 Å². The third-order valence-corrected chi connectivity index (χ3v) is 3.72. The molecule has 1 rings (SSSR count). The molecule has 0 saturated heterocycles. The Morgan fingerprint density at radius 1 is 1.32 bits per heavy atom. The van der Waals surface area contributed by atoms with Crippen molar-refractivity contribution in [1.29, 1.82) is 0 Å². The zero-order valence-electron chi connectivity index (χ0n) is 11.7. The van der Waals surface area contributed by atoms with Crippen LogP contribution in [0.25, 0.3) is 0 Å². The van der Waals surface area contributed by atoms with Crippen LogP contribution in [-0.2, 0) is 9.59 Å². The molecule has 0 bridgehead atoms. The highest BCUT2D eigenvalue weighted by Crippen LogP contribution is 2.22. The SMILES string of the molecule is CC(C(=O)O)N(C)CC(=O)NCC1CCCCC1.Cl. The molecule has 0 heterocycles. The maximum Gasteiger partial charge on any atom is 0.320 e. The minimum Gasteiger partial charge on any atom is -0.480 e. The zero-order valence-corrected chi connectivity index (χ0v) is 12.5. The fourth-order valence-corrected chi connectivity index (χ4v) is 2.26. The Balaban J connectivity index is 0.00000324. The van der Waals surface area contributed by atoms with Gasteiger partial charge in [-0.15, -0.1) is 12.4 Å². The second-order valence-corrected chi connectivity index (χ2v) is 5.24. The van der Waals surface area contributed by atoms with E-state index in [1.807, 2.05) is 0 Å². The molecule has 0 aliphatic heterocycles. The molecule has 1 atom stereocenters. The highest BCUT2D eigenvalue weighted by molar-refractivity contribution is 5.85. The van der Waals surface area contributed by atoms with Gasteiger partial charge in [0, 0.05) is 6.54 Å². The normalized spacial score (nSPS) is 17.6. The van der Waals surface area contributed by atoms with Crippen LogP contribution in [0.3, 0.4) is 0 Å². The lowest BCUT2D eigenvalue weighted by molar-refractivity contribution is -0.142. The van der Waals surface area contributed by atoms with Crippen LogP contribution in [-0.4, -0.2) is 48.1 Å². The summed E-state index contributed by atoms with van der Waals surface area (Å²) >= 11 is 0. The minimum atomic E-state index is -0.905. The number of amides is 1. The molecular weight excluding hydrogens is 268 g/mol. The first-order valence-electron chi connectivity index (χ1n) is 6.70. The predicted octanol–water partition coefficient (Wildman–Crippen LogP) is 1.51. The highest BCUT2D eigenvalue weighted by Gasteiger charge is 2.20. The molecule has 0 spiro atoms. The van der Waals surface area contributed by atoms with Crippen LogP contribution in [0.1, 0.15) is 39.0 Å². The molecule has 1 aliphatic rings. The van der Waals surface area contributed by atoms with Crippen LogP contribution in [0.2, 0.25) is 0 Å². The van der Waals surface area contributed by atoms with Crippen molar-refractivity contribution in [3.63, 3.8) is 0 Å². The molecule has 0 aromatic heterocycles. The number of halogens is 1. The van der Waals surface area contributed by atoms with Crippen LogP contribution in [0, 0.1) is 5.92 Å². The van der Waals surface area contributed by atoms with Crippen molar-refractivity contribution in [3.05, 3.63) is 0 Å². The van der Waals surface area contributed by atoms with E-state index in [4.69, 9.17) is 5.11 Å². The molecular formula is C13H25ClN2O3. The third-order valence-electron chi connectivity index (χ3n) is 3.72. The van der Waals surface area contributed by atoms with E-state index in [2.05, 4.69) is 5.32 Å². The zero-order chi connectivity index (χ0) is 13.5. The van der Waals surface area contributed by atoms with E-state index in [0.717, 1.165) is 6.54 Å². The molecule has 1 unspecified atom stereocenters. The Bertz CT molecular complexity index is 294. The van der Waals surface area contributed by atoms with E-state index in [-0.39, 0.29) is 24.9 Å². The Morgan fingerprint density at radius 2 is 1.89 bits per heavy atom. The molecule has 0 radical (unpaired) electrons. The van der Waals surface area contributed by atoms with E-state index in [1.165, 1.54) is 32.1 Å². The number of likely N-dealkylation sites (N-methyl/N-ethyl adjacent to an activating group) is 1. The van der Waals surface area contributed by atoms with Crippen molar-refractivity contribution < 1.29 is 14.7 Å². The first-order chi connectivity index (χ1) is 8.50. The summed E-state index contributed by atoms with van der Waals surface area (Å²) in [4.78, 5) is 24.0. The number of carbonyl (C=O) groups is 2. The summed E-state index contributed by atoms with van der Waals surface area (Å²) in [6, 6.07) is -0.634. The maximum atomic E-state index is 11.7. The second kappa shape index (κ2) is 9.15. The number of nitrogens with zero attached hydrogens (tertiary/aromatic N) is 1. The molecule has 0 aromatic carbocycles. The van der Waals surface area contributed by atoms with E-state index in [1.54, 1.807) is 18.9 Å². The Hall–Kier alpha value is -0.810. The lowest BCUT2D eigenvalue weighted by atomic mass is 9.89. The summed E-state index contributed by atoms with van der Waals surface area (Å²) in [5.41, 5.74) is 0. The van der Waals surface area contributed by atoms with Gasteiger partial charge in [0.2, 0.25) is 5.91 Å². The van der Waals surface area contributed by atoms with Crippen molar-refractivity contribution in [1.82, 2.24) is 10.2 Å². The fraction of sp³-hybridized carbons (Fsp3) is 0.846. The minimum absolute atomic E-state index is 0. The van der Waals surface area contributed by atoms with Crippen molar-refractivity contribution in [3.8, 4) is 0 Å². The maximum absolute atomic E-state index is 11.7. The van der Waals surface area contributed by atoms with Crippen LogP contribution in [0.5, 0.6) is 0 Å². The molecule has 2 N–H and O–H groups in total. The smallest absolute Gasteiger partial charge is 0.320 e. The lowest BCUT2D eigenvalue weighted by Gasteiger charge is -2.23. The largest absolute Gasteiger partial charge is 0.480 e. The molecule has 19 heavy (non-hydrogen) atoms. The number of nitrogens with one attached hydrogen (secondary N) is 1. The summed E-state index contributed by atoms with van der Waals surface area (Å²) in [6.07, 6.45) is 6.22. The molecule has 5 nitrogen and oxygen atoms in total. The summed E-state index contributed by atoms with van der Waals surface area (Å²) in [7, 11) is 1.65. The average Bonchev–Trinajstić information content (AvgIpc) is 2.36. The van der Waals surface area contributed by atoms with Gasteiger partial charge in [-0.1, -0.05) is 19.3 Å². The van der Waals surface area contributed by atoms with Gasteiger partial charge in [0.1, 0.15) is 6.04 Å². The summed E-state index contributed by atoms with van der Waals surface area (Å²) in [5.74, 6) is -0.390. The first-order valence-corrected chi connectivity index (χ1v) is 6.70. The van der Waals surface area contributed by atoms with Crippen LogP contribution >= 0.6 is 12.4 Å². The van der Waals surface area contributed by atoms with Gasteiger partial charge in [-0.2, -0.15) is 0 Å². The van der Waals surface area contributed by atoms with Crippen LogP contribution in [0.15, 0.2) is 0 Å². The molecule has 1 saturated carbocycles. The van der Waals surface area contributed by atoms with Gasteiger partial charge in [-0.25, -0.2) is 0 Å². The fourth-order valence-electron chi connectivity index (χ4n) is 2.26. The summed E-state index contributed by atoms with van der Waals surface area (Å²) < 4.78 is 0. The van der Waals surface area contributed by atoms with Crippen LogP contribution < -0.4 is 5.32 Å². The van der Waals surface area contributed by atoms with E-state index in [0.29, 0.717) is 5.92 Å². The van der Waals surface area contributed by atoms with Gasteiger partial charge in [-0.3, -0.25) is 14.5 Å². The number of hydrogen-bond acceptors (Lipinski definition) is 3. The number of carboxylic acid groups (broad SMARTS) is 1. The van der Waals surface area contributed by atoms with Crippen molar-refractivity contribution in [2.75, 3.05) is 20.1 Å². The lowest BCUT2D eigenvalue weighted by Crippen LogP contribution is -2.43. The number of carboxylic acids is 1. The van der Waals surface area contributed by atoms with Gasteiger partial charge < -0.3 is 10.4 Å². The third kappa shape index (κ3) is 6.78. The number of hydrogen-bond donors (Lipinski definition) is 2. The summed E-state index contributed by atoms with van der Waals surface area (Å²) in [5, 5.41) is 11.7. The highest BCUT2D eigenvalue weighted by atomic mass is 35.5. The predicted molar refractivity (Wildman–Crippen MR) is 76.6 cm³/mol. The Labute approximate surface area is 121 Å². The quantitative estimate of drug-likeness (QED) is 0.778. The standard InChI is InChI=1S/C13H24N2O3.ClH/c1-10(13(17)18)15(2)9-12(16)14-8-11-6-4-3-5-7-11;/h10-11H,3-9H2,1-2H3,(H,14,16)(H,17,18);1H. The molecule has 0 aromatic rings.